The maximum atomic E-state index is 12.8. The van der Waals surface area contributed by atoms with Gasteiger partial charge in [-0.25, -0.2) is 8.42 Å². The Balaban J connectivity index is 2.01. The van der Waals surface area contributed by atoms with Crippen LogP contribution in [-0.4, -0.2) is 15.5 Å². The minimum Gasteiger partial charge on any atom is -0.497 e. The molecule has 0 radical (unpaired) electrons. The smallest absolute Gasteiger partial charge is 0.262 e. The molecule has 24 heavy (non-hydrogen) atoms. The Bertz CT molecular complexity index is 987. The van der Waals surface area contributed by atoms with E-state index >= 15 is 0 Å². The second-order valence-corrected chi connectivity index (χ2v) is 7.38. The van der Waals surface area contributed by atoms with E-state index in [4.69, 9.17) is 4.74 Å². The minimum absolute atomic E-state index is 0.288. The summed E-state index contributed by atoms with van der Waals surface area (Å²) in [4.78, 5) is 0.288. The van der Waals surface area contributed by atoms with Gasteiger partial charge in [-0.2, -0.15) is 0 Å². The van der Waals surface area contributed by atoms with Crippen LogP contribution in [0.5, 0.6) is 5.75 Å². The van der Waals surface area contributed by atoms with Gasteiger partial charge < -0.3 is 4.74 Å². The van der Waals surface area contributed by atoms with E-state index in [2.05, 4.69) is 4.72 Å². The molecule has 124 valence electrons. The maximum absolute atomic E-state index is 12.8. The summed E-state index contributed by atoms with van der Waals surface area (Å²) < 4.78 is 33.5. The molecule has 0 fully saturated rings. The average Bonchev–Trinajstić information content (AvgIpc) is 2.53. The van der Waals surface area contributed by atoms with Crippen molar-refractivity contribution in [1.29, 1.82) is 0 Å². The fourth-order valence-electron chi connectivity index (χ4n) is 2.91. The van der Waals surface area contributed by atoms with Crippen molar-refractivity contribution in [3.63, 3.8) is 0 Å². The lowest BCUT2D eigenvalue weighted by Crippen LogP contribution is -2.15. The Hall–Kier alpha value is -2.53. The predicted octanol–water partition coefficient (Wildman–Crippen LogP) is 4.27. The third-order valence-corrected chi connectivity index (χ3v) is 5.63. The normalized spacial score (nSPS) is 11.5. The topological polar surface area (TPSA) is 55.4 Å². The van der Waals surface area contributed by atoms with Crippen LogP contribution < -0.4 is 9.46 Å². The van der Waals surface area contributed by atoms with Gasteiger partial charge in [-0.1, -0.05) is 30.3 Å². The lowest BCUT2D eigenvalue weighted by molar-refractivity contribution is 0.413. The molecular weight excluding hydrogens is 322 g/mol. The first-order valence-corrected chi connectivity index (χ1v) is 9.06. The van der Waals surface area contributed by atoms with Gasteiger partial charge in [0, 0.05) is 5.69 Å². The molecule has 0 heterocycles. The summed E-state index contributed by atoms with van der Waals surface area (Å²) in [6.45, 7) is 3.54. The number of sulfonamides is 1. The molecule has 1 N–H and O–H groups in total. The summed E-state index contributed by atoms with van der Waals surface area (Å²) in [5.74, 6) is 0.648. The number of aryl methyl sites for hydroxylation is 2. The first kappa shape index (κ1) is 16.3. The van der Waals surface area contributed by atoms with Gasteiger partial charge in [-0.05, 0) is 60.0 Å². The van der Waals surface area contributed by atoms with Crippen LogP contribution in [0.3, 0.4) is 0 Å². The number of nitrogens with one attached hydrogen (secondary N) is 1. The molecule has 3 aromatic rings. The summed E-state index contributed by atoms with van der Waals surface area (Å²) in [6, 6.07) is 16.8. The van der Waals surface area contributed by atoms with Crippen LogP contribution in [0.15, 0.2) is 59.5 Å². The average molecular weight is 341 g/mol. The molecule has 3 rings (SSSR count). The summed E-state index contributed by atoms with van der Waals surface area (Å²) in [7, 11) is -2.11. The van der Waals surface area contributed by atoms with E-state index in [-0.39, 0.29) is 4.90 Å². The van der Waals surface area contributed by atoms with E-state index in [1.54, 1.807) is 39.2 Å². The number of anilines is 1. The van der Waals surface area contributed by atoms with E-state index in [1.807, 2.05) is 36.4 Å². The second-order valence-electron chi connectivity index (χ2n) is 5.76. The van der Waals surface area contributed by atoms with Crippen LogP contribution in [0, 0.1) is 13.8 Å². The van der Waals surface area contributed by atoms with Crippen molar-refractivity contribution in [2.75, 3.05) is 11.8 Å². The molecule has 0 amide bonds. The van der Waals surface area contributed by atoms with Crippen LogP contribution in [-0.2, 0) is 10.0 Å². The molecule has 0 spiro atoms. The van der Waals surface area contributed by atoms with Crippen molar-refractivity contribution in [2.24, 2.45) is 0 Å². The SMILES string of the molecule is COc1cc(C)c(S(=O)(=O)Nc2ccc3ccccc3c2)c(C)c1. The number of fused-ring (bicyclic) bond motifs is 1. The summed E-state index contributed by atoms with van der Waals surface area (Å²) in [5, 5.41) is 2.05. The third-order valence-electron chi connectivity index (χ3n) is 3.94. The van der Waals surface area contributed by atoms with Crippen molar-refractivity contribution in [2.45, 2.75) is 18.7 Å². The molecule has 4 nitrogen and oxygen atoms in total. The molecule has 0 bridgehead atoms. The highest BCUT2D eigenvalue weighted by Gasteiger charge is 2.20. The highest BCUT2D eigenvalue weighted by atomic mass is 32.2. The van der Waals surface area contributed by atoms with Crippen molar-refractivity contribution < 1.29 is 13.2 Å². The molecule has 0 aromatic heterocycles. The Morgan fingerprint density at radius 1 is 0.875 bits per heavy atom. The molecule has 0 unspecified atom stereocenters. The molecule has 0 aliphatic heterocycles. The van der Waals surface area contributed by atoms with Gasteiger partial charge in [-0.3, -0.25) is 4.72 Å². The Labute approximate surface area is 142 Å². The standard InChI is InChI=1S/C19H19NO3S/c1-13-10-18(23-3)11-14(2)19(13)24(21,22)20-17-9-8-15-6-4-5-7-16(15)12-17/h4-12,20H,1-3H3. The van der Waals surface area contributed by atoms with Gasteiger partial charge in [0.05, 0.1) is 12.0 Å². The first-order valence-electron chi connectivity index (χ1n) is 7.57. The number of ether oxygens (including phenoxy) is 1. The van der Waals surface area contributed by atoms with Crippen molar-refractivity contribution in [3.8, 4) is 5.75 Å². The fraction of sp³-hybridized carbons (Fsp3) is 0.158. The highest BCUT2D eigenvalue weighted by Crippen LogP contribution is 2.28. The van der Waals surface area contributed by atoms with E-state index in [9.17, 15) is 8.42 Å². The molecular formula is C19H19NO3S. The second kappa shape index (κ2) is 6.17. The number of benzene rings is 3. The zero-order chi connectivity index (χ0) is 17.3. The Morgan fingerprint density at radius 2 is 1.50 bits per heavy atom. The molecule has 0 saturated heterocycles. The van der Waals surface area contributed by atoms with E-state index in [1.165, 1.54) is 0 Å². The van der Waals surface area contributed by atoms with Crippen LogP contribution in [0.4, 0.5) is 5.69 Å². The quantitative estimate of drug-likeness (QED) is 0.771. The zero-order valence-electron chi connectivity index (χ0n) is 13.8. The fourth-order valence-corrected chi connectivity index (χ4v) is 4.42. The Morgan fingerprint density at radius 3 is 2.12 bits per heavy atom. The van der Waals surface area contributed by atoms with E-state index < -0.39 is 10.0 Å². The van der Waals surface area contributed by atoms with Gasteiger partial charge in [0.2, 0.25) is 0 Å². The lowest BCUT2D eigenvalue weighted by Gasteiger charge is -2.14. The van der Waals surface area contributed by atoms with Crippen LogP contribution in [0.2, 0.25) is 0 Å². The lowest BCUT2D eigenvalue weighted by atomic mass is 10.1. The van der Waals surface area contributed by atoms with Crippen LogP contribution >= 0.6 is 0 Å². The van der Waals surface area contributed by atoms with Crippen LogP contribution in [0.1, 0.15) is 11.1 Å². The van der Waals surface area contributed by atoms with Gasteiger partial charge in [0.15, 0.2) is 0 Å². The monoisotopic (exact) mass is 341 g/mol. The molecule has 3 aromatic carbocycles. The predicted molar refractivity (Wildman–Crippen MR) is 97.2 cm³/mol. The largest absolute Gasteiger partial charge is 0.497 e. The molecule has 0 aliphatic rings. The minimum atomic E-state index is -3.67. The first-order chi connectivity index (χ1) is 11.4. The van der Waals surface area contributed by atoms with Crippen molar-refractivity contribution >= 4 is 26.5 Å². The van der Waals surface area contributed by atoms with Crippen LogP contribution in [0.25, 0.3) is 10.8 Å². The summed E-state index contributed by atoms with van der Waals surface area (Å²) >= 11 is 0. The summed E-state index contributed by atoms with van der Waals surface area (Å²) in [5.41, 5.74) is 1.85. The Kier molecular flexibility index (Phi) is 4.20. The van der Waals surface area contributed by atoms with Gasteiger partial charge in [0.1, 0.15) is 5.75 Å². The van der Waals surface area contributed by atoms with E-state index in [0.717, 1.165) is 10.8 Å². The number of rotatable bonds is 4. The van der Waals surface area contributed by atoms with E-state index in [0.29, 0.717) is 22.6 Å². The number of hydrogen-bond acceptors (Lipinski definition) is 3. The van der Waals surface area contributed by atoms with Gasteiger partial charge in [0.25, 0.3) is 10.0 Å². The van der Waals surface area contributed by atoms with Crippen molar-refractivity contribution in [3.05, 3.63) is 65.7 Å². The van der Waals surface area contributed by atoms with Gasteiger partial charge >= 0.3 is 0 Å². The molecule has 0 atom stereocenters. The number of hydrogen-bond donors (Lipinski definition) is 1. The van der Waals surface area contributed by atoms with Crippen molar-refractivity contribution in [1.82, 2.24) is 0 Å². The summed E-state index contributed by atoms with van der Waals surface area (Å²) in [6.07, 6.45) is 0. The maximum Gasteiger partial charge on any atom is 0.262 e. The highest BCUT2D eigenvalue weighted by molar-refractivity contribution is 7.92. The zero-order valence-corrected chi connectivity index (χ0v) is 14.6. The molecule has 5 heteroatoms. The number of methoxy groups -OCH3 is 1. The molecule has 0 saturated carbocycles. The third kappa shape index (κ3) is 3.08. The van der Waals surface area contributed by atoms with Gasteiger partial charge in [-0.15, -0.1) is 0 Å². The molecule has 0 aliphatic carbocycles.